The van der Waals surface area contributed by atoms with E-state index in [1.807, 2.05) is 72.9 Å². The Morgan fingerprint density at radius 2 is 1.17 bits per heavy atom. The first kappa shape index (κ1) is 35.3. The van der Waals surface area contributed by atoms with Crippen molar-refractivity contribution in [3.63, 3.8) is 0 Å². The molecule has 2 unspecified atom stereocenters. The monoisotopic (exact) mass is 858 g/mol. The first-order chi connectivity index (χ1) is 24.9. The van der Waals surface area contributed by atoms with Crippen LogP contribution < -0.4 is 5.10 Å². The van der Waals surface area contributed by atoms with Gasteiger partial charge < -0.3 is 15.5 Å². The average Bonchev–Trinajstić information content (AvgIpc) is 3.78. The summed E-state index contributed by atoms with van der Waals surface area (Å²) in [6.07, 6.45) is 4.23. The number of nitrogens with zero attached hydrogens (tertiary/aromatic N) is 5. The molecule has 3 aromatic heterocycles. The van der Waals surface area contributed by atoms with E-state index in [4.69, 9.17) is 20.2 Å². The van der Waals surface area contributed by atoms with Gasteiger partial charge in [-0.05, 0) is 65.1 Å². The zero-order valence-electron chi connectivity index (χ0n) is 29.6. The van der Waals surface area contributed by atoms with E-state index in [2.05, 4.69) is 117 Å². The number of rotatable bonds is 7. The zero-order valence-corrected chi connectivity index (χ0v) is 31.9. The molecule has 4 aromatic carbocycles. The minimum absolute atomic E-state index is 0. The molecule has 52 heavy (non-hydrogen) atoms. The number of hydrogen-bond donors (Lipinski definition) is 0. The zero-order chi connectivity index (χ0) is 34.9. The summed E-state index contributed by atoms with van der Waals surface area (Å²) >= 11 is 0. The van der Waals surface area contributed by atoms with E-state index in [1.54, 1.807) is 0 Å². The van der Waals surface area contributed by atoms with Gasteiger partial charge in [0, 0.05) is 17.3 Å². The van der Waals surface area contributed by atoms with Crippen LogP contribution in [0.4, 0.5) is 11.4 Å². The third kappa shape index (κ3) is 5.91. The van der Waals surface area contributed by atoms with Gasteiger partial charge in [-0.1, -0.05) is 160 Å². The van der Waals surface area contributed by atoms with Gasteiger partial charge in [-0.15, -0.1) is 11.4 Å². The Balaban J connectivity index is 0.000000254. The number of pyridine rings is 2. The molecular formula is C46H41N5Pt. The second kappa shape index (κ2) is 14.5. The number of para-hydroxylation sites is 2. The Morgan fingerprint density at radius 1 is 0.635 bits per heavy atom. The Kier molecular flexibility index (Phi) is 9.83. The molecule has 0 aliphatic heterocycles. The Bertz CT molecular complexity index is 2090. The molecule has 1 saturated carbocycles. The van der Waals surface area contributed by atoms with Gasteiger partial charge in [0.2, 0.25) is 0 Å². The topological polar surface area (TPSA) is 66.9 Å². The van der Waals surface area contributed by atoms with Crippen LogP contribution in [0.3, 0.4) is 0 Å². The first-order valence-corrected chi connectivity index (χ1v) is 17.8. The maximum absolute atomic E-state index is 5.41. The van der Waals surface area contributed by atoms with Gasteiger partial charge in [-0.3, -0.25) is 9.97 Å². The van der Waals surface area contributed by atoms with Crippen molar-refractivity contribution < 1.29 is 21.1 Å². The summed E-state index contributed by atoms with van der Waals surface area (Å²) in [5.41, 5.74) is 9.99. The van der Waals surface area contributed by atoms with Gasteiger partial charge in [0.15, 0.2) is 0 Å². The maximum atomic E-state index is 5.41. The van der Waals surface area contributed by atoms with E-state index in [9.17, 15) is 0 Å². The van der Waals surface area contributed by atoms with E-state index < -0.39 is 5.41 Å². The van der Waals surface area contributed by atoms with Crippen molar-refractivity contribution in [3.05, 3.63) is 203 Å². The van der Waals surface area contributed by atoms with Gasteiger partial charge in [-0.25, -0.2) is 0 Å². The van der Waals surface area contributed by atoms with Crippen molar-refractivity contribution in [1.82, 2.24) is 20.2 Å². The second-order valence-electron chi connectivity index (χ2n) is 14.3. The second-order valence-corrected chi connectivity index (χ2v) is 14.3. The minimum atomic E-state index is -0.687. The molecule has 2 bridgehead atoms. The first-order valence-electron chi connectivity index (χ1n) is 17.8. The fourth-order valence-electron chi connectivity index (χ4n) is 8.46. The standard InChI is InChI=1S/C34H31N4.C12H10N.Pt/c1-32(2)25-20-21-33(32,3)31-29(25)30(37-38-31)26-17-12-19-28(36-26)34(23-13-6-4-7-14-23,24-15-8-5-9-16-24)27-18-10-11-22-35-27;1-3-7-11(8-4-1)13-12-9-5-2-6-10-12;/h4-19,22,25H,20-21H2,1-3H3;1-10H;/q2*-1;+2. The van der Waals surface area contributed by atoms with Crippen molar-refractivity contribution in [1.29, 1.82) is 0 Å². The maximum Gasteiger partial charge on any atom is 2.00 e. The van der Waals surface area contributed by atoms with Gasteiger partial charge in [0.05, 0.1) is 17.1 Å². The fourth-order valence-corrected chi connectivity index (χ4v) is 8.46. The molecule has 0 N–H and O–H groups in total. The van der Waals surface area contributed by atoms with E-state index in [0.29, 0.717) is 5.92 Å². The summed E-state index contributed by atoms with van der Waals surface area (Å²) in [6, 6.07) is 53.6. The molecule has 2 atom stereocenters. The molecule has 7 aromatic rings. The van der Waals surface area contributed by atoms with Gasteiger partial charge >= 0.3 is 21.1 Å². The number of benzene rings is 4. The van der Waals surface area contributed by atoms with Crippen LogP contribution in [0, 0.1) is 5.41 Å². The summed E-state index contributed by atoms with van der Waals surface area (Å²) in [5.74, 6) is 0.460. The van der Waals surface area contributed by atoms with Crippen molar-refractivity contribution in [2.45, 2.75) is 50.4 Å². The molecule has 2 aliphatic rings. The summed E-state index contributed by atoms with van der Waals surface area (Å²) < 4.78 is 0. The van der Waals surface area contributed by atoms with E-state index in [0.717, 1.165) is 45.3 Å². The molecule has 260 valence electrons. The summed E-state index contributed by atoms with van der Waals surface area (Å²) in [4.78, 5) is 10.3. The molecule has 3 heterocycles. The van der Waals surface area contributed by atoms with Crippen molar-refractivity contribution in [2.24, 2.45) is 5.41 Å². The molecule has 1 fully saturated rings. The van der Waals surface area contributed by atoms with Gasteiger partial charge in [0.25, 0.3) is 0 Å². The molecule has 0 spiro atoms. The molecule has 6 heteroatoms. The Morgan fingerprint density at radius 3 is 1.73 bits per heavy atom. The van der Waals surface area contributed by atoms with E-state index in [-0.39, 0.29) is 31.9 Å². The third-order valence-electron chi connectivity index (χ3n) is 11.5. The minimum Gasteiger partial charge on any atom is -0.658 e. The Hall–Kier alpha value is -5.12. The van der Waals surface area contributed by atoms with Crippen molar-refractivity contribution in [3.8, 4) is 11.4 Å². The molecule has 0 saturated heterocycles. The van der Waals surface area contributed by atoms with Crippen LogP contribution >= 0.6 is 0 Å². The third-order valence-corrected chi connectivity index (χ3v) is 11.5. The van der Waals surface area contributed by atoms with Gasteiger partial charge in [-0.2, -0.15) is 0 Å². The molecule has 0 radical (unpaired) electrons. The Labute approximate surface area is 321 Å². The molecule has 9 rings (SSSR count). The average molecular weight is 859 g/mol. The SMILES string of the molecule is CC12CCC(c3c1n[n-]c3-c1cccc(C(c3ccccc3)(c3ccccc3)c3ccccn3)n1)C2(C)C.[Pt+2].c1ccc([N-]c2ccccc2)cc1. The summed E-state index contributed by atoms with van der Waals surface area (Å²) in [7, 11) is 0. The van der Waals surface area contributed by atoms with Crippen LogP contribution in [0.5, 0.6) is 0 Å². The predicted octanol–water partition coefficient (Wildman–Crippen LogP) is 11.1. The van der Waals surface area contributed by atoms with Crippen LogP contribution in [0.25, 0.3) is 16.7 Å². The van der Waals surface area contributed by atoms with Crippen LogP contribution in [0.15, 0.2) is 164 Å². The van der Waals surface area contributed by atoms with E-state index in [1.165, 1.54) is 24.1 Å². The molecule has 5 nitrogen and oxygen atoms in total. The van der Waals surface area contributed by atoms with Crippen molar-refractivity contribution in [2.75, 3.05) is 0 Å². The number of fused-ring (bicyclic) bond motifs is 5. The number of aromatic nitrogens is 4. The van der Waals surface area contributed by atoms with Gasteiger partial charge in [0.1, 0.15) is 5.41 Å². The van der Waals surface area contributed by atoms with Crippen LogP contribution in [0.1, 0.15) is 73.3 Å². The summed E-state index contributed by atoms with van der Waals surface area (Å²) in [6.45, 7) is 7.17. The van der Waals surface area contributed by atoms with Crippen molar-refractivity contribution >= 4 is 11.4 Å². The van der Waals surface area contributed by atoms with Crippen LogP contribution in [-0.4, -0.2) is 15.1 Å². The fraction of sp³-hybridized carbons (Fsp3) is 0.196. The molecule has 2 aliphatic carbocycles. The quantitative estimate of drug-likeness (QED) is 0.160. The largest absolute Gasteiger partial charge is 2.00 e. The number of hydrogen-bond acceptors (Lipinski definition) is 3. The van der Waals surface area contributed by atoms with Crippen LogP contribution in [-0.2, 0) is 31.9 Å². The molecular weight excluding hydrogens is 818 g/mol. The molecule has 0 amide bonds. The normalized spacial score (nSPS) is 18.0. The van der Waals surface area contributed by atoms with Crippen LogP contribution in [0.2, 0.25) is 0 Å². The predicted molar refractivity (Wildman–Crippen MR) is 206 cm³/mol. The van der Waals surface area contributed by atoms with E-state index >= 15 is 0 Å². The summed E-state index contributed by atoms with van der Waals surface area (Å²) in [5, 5.41) is 14.0. The smallest absolute Gasteiger partial charge is 0.658 e.